The topological polar surface area (TPSA) is 42.0 Å². The zero-order valence-corrected chi connectivity index (χ0v) is 15.6. The van der Waals surface area contributed by atoms with Crippen molar-refractivity contribution in [3.8, 4) is 0 Å². The van der Waals surface area contributed by atoms with Gasteiger partial charge >= 0.3 is 0 Å². The Morgan fingerprint density at radius 1 is 1.25 bits per heavy atom. The molecule has 0 spiro atoms. The van der Waals surface area contributed by atoms with Crippen LogP contribution in [-0.2, 0) is 4.79 Å². The van der Waals surface area contributed by atoms with E-state index in [0.29, 0.717) is 16.6 Å². The summed E-state index contributed by atoms with van der Waals surface area (Å²) in [6.07, 6.45) is 1.32. The van der Waals surface area contributed by atoms with Gasteiger partial charge in [0.25, 0.3) is 0 Å². The number of thiazole rings is 1. The lowest BCUT2D eigenvalue weighted by atomic mass is 10.2. The van der Waals surface area contributed by atoms with E-state index >= 15 is 0 Å². The normalized spacial score (nSPS) is 10.9. The quantitative estimate of drug-likeness (QED) is 0.438. The minimum atomic E-state index is -0.00492. The van der Waals surface area contributed by atoms with Gasteiger partial charge in [0.1, 0.15) is 5.52 Å². The van der Waals surface area contributed by atoms with E-state index in [4.69, 9.17) is 11.6 Å². The summed E-state index contributed by atoms with van der Waals surface area (Å²) in [4.78, 5) is 17.7. The second kappa shape index (κ2) is 8.01. The van der Waals surface area contributed by atoms with Crippen LogP contribution in [0.25, 0.3) is 10.2 Å². The van der Waals surface area contributed by atoms with Gasteiger partial charge in [0, 0.05) is 11.3 Å². The largest absolute Gasteiger partial charge is 0.302 e. The van der Waals surface area contributed by atoms with Crippen molar-refractivity contribution < 1.29 is 4.79 Å². The van der Waals surface area contributed by atoms with E-state index in [1.54, 1.807) is 17.8 Å². The van der Waals surface area contributed by atoms with Crippen molar-refractivity contribution in [2.75, 3.05) is 11.1 Å². The molecule has 0 saturated heterocycles. The van der Waals surface area contributed by atoms with E-state index in [1.165, 1.54) is 21.8 Å². The van der Waals surface area contributed by atoms with Crippen LogP contribution in [0.15, 0.2) is 47.4 Å². The van der Waals surface area contributed by atoms with Crippen LogP contribution >= 0.6 is 34.7 Å². The first-order valence-corrected chi connectivity index (χ1v) is 9.84. The third kappa shape index (κ3) is 4.50. The molecule has 0 atom stereocenters. The average Bonchev–Trinajstić information content (AvgIpc) is 2.97. The Morgan fingerprint density at radius 2 is 2.04 bits per heavy atom. The first-order valence-electron chi connectivity index (χ1n) is 7.66. The van der Waals surface area contributed by atoms with Gasteiger partial charge in [-0.3, -0.25) is 4.79 Å². The first-order chi connectivity index (χ1) is 11.6. The van der Waals surface area contributed by atoms with Gasteiger partial charge in [-0.1, -0.05) is 46.7 Å². The molecule has 3 aromatic rings. The van der Waals surface area contributed by atoms with Gasteiger partial charge in [-0.15, -0.1) is 11.8 Å². The van der Waals surface area contributed by atoms with Gasteiger partial charge in [0.05, 0.1) is 9.72 Å². The van der Waals surface area contributed by atoms with Gasteiger partial charge in [-0.05, 0) is 43.4 Å². The molecule has 0 fully saturated rings. The number of anilines is 1. The molecular formula is C18H17ClN2OS2. The third-order valence-corrected chi connectivity index (χ3v) is 5.79. The summed E-state index contributed by atoms with van der Waals surface area (Å²) >= 11 is 9.32. The monoisotopic (exact) mass is 376 g/mol. The zero-order chi connectivity index (χ0) is 16.9. The van der Waals surface area contributed by atoms with Gasteiger partial charge in [0.2, 0.25) is 5.91 Å². The first kappa shape index (κ1) is 17.3. The van der Waals surface area contributed by atoms with Crippen LogP contribution in [0.4, 0.5) is 5.13 Å². The van der Waals surface area contributed by atoms with Crippen LogP contribution < -0.4 is 5.32 Å². The second-order valence-electron chi connectivity index (χ2n) is 5.42. The highest BCUT2D eigenvalue weighted by Gasteiger charge is 2.09. The van der Waals surface area contributed by atoms with Crippen molar-refractivity contribution >= 4 is 56.0 Å². The third-order valence-electron chi connectivity index (χ3n) is 3.45. The maximum absolute atomic E-state index is 12.0. The van der Waals surface area contributed by atoms with Crippen LogP contribution in [0.3, 0.4) is 0 Å². The van der Waals surface area contributed by atoms with Gasteiger partial charge < -0.3 is 5.32 Å². The molecule has 6 heteroatoms. The standard InChI is InChI=1S/C18H17ClN2OS2/c1-12-7-9-13(10-8-12)23-11-3-6-16(22)20-18-21-17-14(19)4-2-5-15(17)24-18/h2,4-5,7-10H,3,6,11H2,1H3,(H,20,21,22). The molecule has 1 aromatic heterocycles. The molecule has 0 aliphatic rings. The van der Waals surface area contributed by atoms with Crippen molar-refractivity contribution in [1.82, 2.24) is 4.98 Å². The summed E-state index contributed by atoms with van der Waals surface area (Å²) in [6.45, 7) is 2.08. The van der Waals surface area contributed by atoms with Crippen molar-refractivity contribution in [1.29, 1.82) is 0 Å². The zero-order valence-electron chi connectivity index (χ0n) is 13.2. The molecule has 0 saturated carbocycles. The number of hydrogen-bond donors (Lipinski definition) is 1. The number of nitrogens with zero attached hydrogens (tertiary/aromatic N) is 1. The van der Waals surface area contributed by atoms with Gasteiger partial charge in [-0.25, -0.2) is 4.98 Å². The molecule has 0 aliphatic heterocycles. The van der Waals surface area contributed by atoms with Crippen LogP contribution in [0.2, 0.25) is 5.02 Å². The number of amides is 1. The van der Waals surface area contributed by atoms with Crippen LogP contribution in [-0.4, -0.2) is 16.6 Å². The number of aryl methyl sites for hydroxylation is 1. The summed E-state index contributed by atoms with van der Waals surface area (Å²) in [5.74, 6) is 0.914. The number of para-hydroxylation sites is 1. The Bertz CT molecular complexity index is 846. The Balaban J connectivity index is 1.46. The minimum absolute atomic E-state index is 0.00492. The molecule has 1 N–H and O–H groups in total. The van der Waals surface area contributed by atoms with Crippen molar-refractivity contribution in [3.05, 3.63) is 53.1 Å². The lowest BCUT2D eigenvalue weighted by Crippen LogP contribution is -2.11. The summed E-state index contributed by atoms with van der Waals surface area (Å²) in [6, 6.07) is 14.1. The molecule has 0 radical (unpaired) electrons. The fourth-order valence-electron chi connectivity index (χ4n) is 2.21. The van der Waals surface area contributed by atoms with E-state index in [1.807, 2.05) is 12.1 Å². The highest BCUT2D eigenvalue weighted by Crippen LogP contribution is 2.30. The van der Waals surface area contributed by atoms with Gasteiger partial charge in [0.15, 0.2) is 5.13 Å². The van der Waals surface area contributed by atoms with E-state index in [-0.39, 0.29) is 5.91 Å². The maximum Gasteiger partial charge on any atom is 0.226 e. The van der Waals surface area contributed by atoms with Crippen molar-refractivity contribution in [2.45, 2.75) is 24.7 Å². The summed E-state index contributed by atoms with van der Waals surface area (Å²) in [7, 11) is 0. The lowest BCUT2D eigenvalue weighted by Gasteiger charge is -2.03. The number of rotatable bonds is 6. The molecule has 0 unspecified atom stereocenters. The molecular weight excluding hydrogens is 360 g/mol. The van der Waals surface area contributed by atoms with Crippen LogP contribution in [0.5, 0.6) is 0 Å². The van der Waals surface area contributed by atoms with Crippen molar-refractivity contribution in [3.63, 3.8) is 0 Å². The predicted octanol–water partition coefficient (Wildman–Crippen LogP) is 5.77. The number of thioether (sulfide) groups is 1. The highest BCUT2D eigenvalue weighted by atomic mass is 35.5. The number of aromatic nitrogens is 1. The minimum Gasteiger partial charge on any atom is -0.302 e. The predicted molar refractivity (Wildman–Crippen MR) is 104 cm³/mol. The van der Waals surface area contributed by atoms with E-state index in [2.05, 4.69) is 41.5 Å². The maximum atomic E-state index is 12.0. The molecule has 24 heavy (non-hydrogen) atoms. The Kier molecular flexibility index (Phi) is 5.76. The Labute approximate surface area is 154 Å². The number of hydrogen-bond acceptors (Lipinski definition) is 4. The molecule has 0 aliphatic carbocycles. The Morgan fingerprint density at radius 3 is 2.79 bits per heavy atom. The van der Waals surface area contributed by atoms with E-state index in [0.717, 1.165) is 22.4 Å². The number of halogens is 1. The molecule has 1 amide bonds. The van der Waals surface area contributed by atoms with E-state index in [9.17, 15) is 4.79 Å². The number of carbonyl (C=O) groups excluding carboxylic acids is 1. The molecule has 0 bridgehead atoms. The summed E-state index contributed by atoms with van der Waals surface area (Å²) in [5.41, 5.74) is 2.00. The Hall–Kier alpha value is -1.56. The SMILES string of the molecule is Cc1ccc(SCCCC(=O)Nc2nc3c(Cl)cccc3s2)cc1. The number of fused-ring (bicyclic) bond motifs is 1. The number of nitrogens with one attached hydrogen (secondary N) is 1. The second-order valence-corrected chi connectivity index (χ2v) is 8.03. The number of carbonyl (C=O) groups is 1. The summed E-state index contributed by atoms with van der Waals surface area (Å²) < 4.78 is 0.979. The summed E-state index contributed by atoms with van der Waals surface area (Å²) in [5, 5.41) is 4.08. The smallest absolute Gasteiger partial charge is 0.226 e. The van der Waals surface area contributed by atoms with E-state index < -0.39 is 0 Å². The molecule has 1 heterocycles. The molecule has 3 nitrogen and oxygen atoms in total. The molecule has 124 valence electrons. The van der Waals surface area contributed by atoms with Crippen LogP contribution in [0, 0.1) is 6.92 Å². The lowest BCUT2D eigenvalue weighted by molar-refractivity contribution is -0.116. The highest BCUT2D eigenvalue weighted by molar-refractivity contribution is 7.99. The van der Waals surface area contributed by atoms with Gasteiger partial charge in [-0.2, -0.15) is 0 Å². The molecule has 3 rings (SSSR count). The van der Waals surface area contributed by atoms with Crippen molar-refractivity contribution in [2.24, 2.45) is 0 Å². The van der Waals surface area contributed by atoms with Crippen LogP contribution in [0.1, 0.15) is 18.4 Å². The average molecular weight is 377 g/mol. The molecule has 2 aromatic carbocycles. The fraction of sp³-hybridized carbons (Fsp3) is 0.222. The number of benzene rings is 2. The fourth-order valence-corrected chi connectivity index (χ4v) is 4.24.